The molecule has 2 N–H and O–H groups in total. The van der Waals surface area contributed by atoms with Crippen LogP contribution in [0, 0.1) is 5.82 Å². The monoisotopic (exact) mass is 351 g/mol. The van der Waals surface area contributed by atoms with Crippen LogP contribution in [0.4, 0.5) is 4.39 Å². The molecule has 3 rings (SSSR count). The Morgan fingerprint density at radius 3 is 2.64 bits per heavy atom. The summed E-state index contributed by atoms with van der Waals surface area (Å²) < 4.78 is 12.0. The summed E-state index contributed by atoms with van der Waals surface area (Å²) in [6.45, 7) is 5.70. The number of rotatable bonds is 1. The predicted molar refractivity (Wildman–Crippen MR) is 92.5 cm³/mol. The standard InChI is InChI=1S/C12H21N3O2.C6H5FO/c1-10(16)15-8-2-4-11(15)12(17)14-7-3-5-13-6-9-14;7-5-2-1-3-6(8)4-5/h11,13H,2-9H2,1H3;1-4,8H/t11-;/m1./s1. The maximum absolute atomic E-state index is 12.4. The first-order valence-corrected chi connectivity index (χ1v) is 8.70. The number of benzene rings is 1. The van der Waals surface area contributed by atoms with Crippen molar-refractivity contribution in [1.29, 1.82) is 0 Å². The molecule has 0 aromatic heterocycles. The van der Waals surface area contributed by atoms with Gasteiger partial charge in [0.15, 0.2) is 0 Å². The van der Waals surface area contributed by atoms with E-state index in [1.165, 1.54) is 18.2 Å². The van der Waals surface area contributed by atoms with Crippen molar-refractivity contribution in [1.82, 2.24) is 15.1 Å². The van der Waals surface area contributed by atoms with Crippen LogP contribution in [-0.2, 0) is 9.59 Å². The van der Waals surface area contributed by atoms with E-state index in [-0.39, 0.29) is 23.6 Å². The smallest absolute Gasteiger partial charge is 0.245 e. The Kier molecular flexibility index (Phi) is 7.18. The van der Waals surface area contributed by atoms with E-state index in [0.717, 1.165) is 58.1 Å². The van der Waals surface area contributed by atoms with E-state index >= 15 is 0 Å². The third-order valence-electron chi connectivity index (χ3n) is 4.40. The zero-order valence-electron chi connectivity index (χ0n) is 14.6. The fourth-order valence-corrected chi connectivity index (χ4v) is 3.15. The molecule has 138 valence electrons. The van der Waals surface area contributed by atoms with Crippen LogP contribution in [0.2, 0.25) is 0 Å². The van der Waals surface area contributed by atoms with E-state index in [0.29, 0.717) is 0 Å². The second-order valence-corrected chi connectivity index (χ2v) is 6.28. The van der Waals surface area contributed by atoms with Gasteiger partial charge in [0, 0.05) is 39.2 Å². The number of phenols is 1. The Balaban J connectivity index is 0.000000236. The first-order chi connectivity index (χ1) is 12.0. The number of carbonyl (C=O) groups excluding carboxylic acids is 2. The minimum absolute atomic E-state index is 0.0220. The summed E-state index contributed by atoms with van der Waals surface area (Å²) in [6, 6.07) is 5.00. The lowest BCUT2D eigenvalue weighted by molar-refractivity contribution is -0.142. The fourth-order valence-electron chi connectivity index (χ4n) is 3.15. The molecule has 0 spiro atoms. The molecule has 0 unspecified atom stereocenters. The molecule has 2 heterocycles. The SMILES string of the molecule is CC(=O)N1CCC[C@@H]1C(=O)N1CCCNCC1.Oc1cccc(F)c1. The summed E-state index contributed by atoms with van der Waals surface area (Å²) in [4.78, 5) is 27.5. The Hall–Kier alpha value is -2.15. The summed E-state index contributed by atoms with van der Waals surface area (Å²) in [7, 11) is 0. The van der Waals surface area contributed by atoms with Gasteiger partial charge in [0.2, 0.25) is 11.8 Å². The first-order valence-electron chi connectivity index (χ1n) is 8.70. The minimum Gasteiger partial charge on any atom is -0.508 e. The van der Waals surface area contributed by atoms with Crippen molar-refractivity contribution in [3.8, 4) is 5.75 Å². The largest absolute Gasteiger partial charge is 0.508 e. The molecule has 2 saturated heterocycles. The zero-order valence-corrected chi connectivity index (χ0v) is 14.6. The average Bonchev–Trinajstić information content (AvgIpc) is 2.90. The molecule has 2 aliphatic rings. The second kappa shape index (κ2) is 9.36. The van der Waals surface area contributed by atoms with E-state index in [2.05, 4.69) is 5.32 Å². The number of nitrogens with one attached hydrogen (secondary N) is 1. The van der Waals surface area contributed by atoms with Crippen molar-refractivity contribution in [3.05, 3.63) is 30.1 Å². The third-order valence-corrected chi connectivity index (χ3v) is 4.40. The average molecular weight is 351 g/mol. The number of likely N-dealkylation sites (tertiary alicyclic amines) is 1. The number of amides is 2. The topological polar surface area (TPSA) is 72.9 Å². The second-order valence-electron chi connectivity index (χ2n) is 6.28. The van der Waals surface area contributed by atoms with Crippen molar-refractivity contribution >= 4 is 11.8 Å². The maximum Gasteiger partial charge on any atom is 0.245 e. The molecule has 2 fully saturated rings. The predicted octanol–water partition coefficient (Wildman–Crippen LogP) is 1.35. The number of phenolic OH excluding ortho intramolecular Hbond substituents is 1. The van der Waals surface area contributed by atoms with E-state index in [1.807, 2.05) is 4.90 Å². The highest BCUT2D eigenvalue weighted by molar-refractivity contribution is 5.87. The van der Waals surface area contributed by atoms with E-state index in [9.17, 15) is 14.0 Å². The van der Waals surface area contributed by atoms with Gasteiger partial charge in [-0.1, -0.05) is 6.07 Å². The molecule has 0 aliphatic carbocycles. The van der Waals surface area contributed by atoms with Gasteiger partial charge in [0.05, 0.1) is 0 Å². The molecule has 0 radical (unpaired) electrons. The molecule has 1 atom stereocenters. The Morgan fingerprint density at radius 2 is 2.00 bits per heavy atom. The molecular formula is C18H26FN3O3. The van der Waals surface area contributed by atoms with Crippen LogP contribution in [-0.4, -0.2) is 65.5 Å². The van der Waals surface area contributed by atoms with Gasteiger partial charge < -0.3 is 20.2 Å². The molecule has 1 aromatic rings. The van der Waals surface area contributed by atoms with Crippen LogP contribution < -0.4 is 5.32 Å². The molecule has 6 nitrogen and oxygen atoms in total. The van der Waals surface area contributed by atoms with Crippen LogP contribution in [0.15, 0.2) is 24.3 Å². The number of hydrogen-bond acceptors (Lipinski definition) is 4. The van der Waals surface area contributed by atoms with Crippen molar-refractivity contribution in [3.63, 3.8) is 0 Å². The number of halogens is 1. The molecule has 0 bridgehead atoms. The summed E-state index contributed by atoms with van der Waals surface area (Å²) >= 11 is 0. The van der Waals surface area contributed by atoms with Gasteiger partial charge in [-0.05, 0) is 37.9 Å². The van der Waals surface area contributed by atoms with Crippen LogP contribution >= 0.6 is 0 Å². The molecule has 1 aromatic carbocycles. The van der Waals surface area contributed by atoms with Crippen molar-refractivity contribution in [2.24, 2.45) is 0 Å². The van der Waals surface area contributed by atoms with E-state index in [1.54, 1.807) is 11.8 Å². The number of carbonyl (C=O) groups is 2. The highest BCUT2D eigenvalue weighted by Gasteiger charge is 2.34. The van der Waals surface area contributed by atoms with Crippen LogP contribution in [0.5, 0.6) is 5.75 Å². The zero-order chi connectivity index (χ0) is 18.2. The van der Waals surface area contributed by atoms with E-state index < -0.39 is 5.82 Å². The summed E-state index contributed by atoms with van der Waals surface area (Å²) in [6.07, 6.45) is 2.77. The molecule has 7 heteroatoms. The van der Waals surface area contributed by atoms with Crippen LogP contribution in [0.3, 0.4) is 0 Å². The van der Waals surface area contributed by atoms with Crippen molar-refractivity contribution in [2.45, 2.75) is 32.2 Å². The summed E-state index contributed by atoms with van der Waals surface area (Å²) in [5, 5.41) is 11.9. The van der Waals surface area contributed by atoms with Gasteiger partial charge >= 0.3 is 0 Å². The lowest BCUT2D eigenvalue weighted by Gasteiger charge is -2.28. The lowest BCUT2D eigenvalue weighted by atomic mass is 10.2. The molecule has 25 heavy (non-hydrogen) atoms. The quantitative estimate of drug-likeness (QED) is 0.801. The number of aromatic hydroxyl groups is 1. The van der Waals surface area contributed by atoms with Gasteiger partial charge in [-0.25, -0.2) is 4.39 Å². The minimum atomic E-state index is -0.412. The maximum atomic E-state index is 12.4. The van der Waals surface area contributed by atoms with Crippen molar-refractivity contribution < 1.29 is 19.1 Å². The first kappa shape index (κ1) is 19.2. The Morgan fingerprint density at radius 1 is 1.20 bits per heavy atom. The summed E-state index contributed by atoms with van der Waals surface area (Å²) in [5.74, 6) is -0.287. The number of hydrogen-bond donors (Lipinski definition) is 2. The van der Waals surface area contributed by atoms with Gasteiger partial charge in [-0.15, -0.1) is 0 Å². The molecule has 0 saturated carbocycles. The molecule has 2 aliphatic heterocycles. The van der Waals surface area contributed by atoms with Crippen molar-refractivity contribution in [2.75, 3.05) is 32.7 Å². The van der Waals surface area contributed by atoms with Gasteiger partial charge in [0.1, 0.15) is 17.6 Å². The van der Waals surface area contributed by atoms with Crippen LogP contribution in [0.1, 0.15) is 26.2 Å². The van der Waals surface area contributed by atoms with Gasteiger partial charge in [-0.2, -0.15) is 0 Å². The molecule has 2 amide bonds. The lowest BCUT2D eigenvalue weighted by Crippen LogP contribution is -2.48. The normalized spacial score (nSPS) is 20.5. The van der Waals surface area contributed by atoms with E-state index in [4.69, 9.17) is 5.11 Å². The fraction of sp³-hybridized carbons (Fsp3) is 0.556. The number of nitrogens with zero attached hydrogens (tertiary/aromatic N) is 2. The third kappa shape index (κ3) is 5.70. The van der Waals surface area contributed by atoms with Crippen LogP contribution in [0.25, 0.3) is 0 Å². The van der Waals surface area contributed by atoms with Gasteiger partial charge in [-0.3, -0.25) is 9.59 Å². The molecular weight excluding hydrogens is 325 g/mol. The Bertz CT molecular complexity index is 571. The summed E-state index contributed by atoms with van der Waals surface area (Å²) in [5.41, 5.74) is 0. The van der Waals surface area contributed by atoms with Gasteiger partial charge in [0.25, 0.3) is 0 Å². The highest BCUT2D eigenvalue weighted by Crippen LogP contribution is 2.19. The highest BCUT2D eigenvalue weighted by atomic mass is 19.1. The Labute approximate surface area is 147 Å².